The van der Waals surface area contributed by atoms with Crippen LogP contribution in [-0.4, -0.2) is 30.7 Å². The van der Waals surface area contributed by atoms with Crippen LogP contribution < -0.4 is 14.8 Å². The lowest BCUT2D eigenvalue weighted by molar-refractivity contribution is 0.352. The van der Waals surface area contributed by atoms with Gasteiger partial charge in [0.1, 0.15) is 6.33 Å². The van der Waals surface area contributed by atoms with Gasteiger partial charge < -0.3 is 14.8 Å². The standard InChI is InChI=1S/C14H21N3O2/c1-18-12-11(13(19-2)17-9-16-12)7-15-8-14(5-6-14)10-3-4-10/h9-10,15H,3-8H2,1-2H3. The summed E-state index contributed by atoms with van der Waals surface area (Å²) in [6.07, 6.45) is 7.06. The molecule has 0 aliphatic heterocycles. The van der Waals surface area contributed by atoms with Crippen LogP contribution in [0.5, 0.6) is 11.8 Å². The number of nitrogens with zero attached hydrogens (tertiary/aromatic N) is 2. The van der Waals surface area contributed by atoms with Gasteiger partial charge in [0, 0.05) is 13.1 Å². The zero-order chi connectivity index (χ0) is 13.3. The van der Waals surface area contributed by atoms with Gasteiger partial charge in [-0.2, -0.15) is 0 Å². The molecule has 5 nitrogen and oxygen atoms in total. The van der Waals surface area contributed by atoms with E-state index in [1.807, 2.05) is 0 Å². The van der Waals surface area contributed by atoms with E-state index in [1.165, 1.54) is 32.0 Å². The van der Waals surface area contributed by atoms with Gasteiger partial charge in [-0.05, 0) is 37.0 Å². The Morgan fingerprint density at radius 1 is 1.21 bits per heavy atom. The van der Waals surface area contributed by atoms with E-state index in [2.05, 4.69) is 15.3 Å². The minimum atomic E-state index is 0.593. The van der Waals surface area contributed by atoms with Gasteiger partial charge in [0.15, 0.2) is 0 Å². The molecule has 0 amide bonds. The van der Waals surface area contributed by atoms with Crippen molar-refractivity contribution in [1.82, 2.24) is 15.3 Å². The van der Waals surface area contributed by atoms with Crippen molar-refractivity contribution < 1.29 is 9.47 Å². The smallest absolute Gasteiger partial charge is 0.224 e. The number of rotatable bonds is 7. The number of hydrogen-bond acceptors (Lipinski definition) is 5. The van der Waals surface area contributed by atoms with Gasteiger partial charge in [0.25, 0.3) is 0 Å². The van der Waals surface area contributed by atoms with Crippen LogP contribution in [0, 0.1) is 11.3 Å². The van der Waals surface area contributed by atoms with E-state index in [0.29, 0.717) is 23.7 Å². The van der Waals surface area contributed by atoms with E-state index >= 15 is 0 Å². The zero-order valence-corrected chi connectivity index (χ0v) is 11.6. The van der Waals surface area contributed by atoms with Crippen molar-refractivity contribution >= 4 is 0 Å². The molecule has 0 unspecified atom stereocenters. The number of nitrogens with one attached hydrogen (secondary N) is 1. The van der Waals surface area contributed by atoms with Crippen molar-refractivity contribution in [2.24, 2.45) is 11.3 Å². The van der Waals surface area contributed by atoms with E-state index in [4.69, 9.17) is 9.47 Å². The molecule has 104 valence electrons. The third-order valence-electron chi connectivity index (χ3n) is 4.37. The second kappa shape index (κ2) is 4.96. The van der Waals surface area contributed by atoms with Crippen molar-refractivity contribution in [3.05, 3.63) is 11.9 Å². The van der Waals surface area contributed by atoms with Crippen molar-refractivity contribution in [3.8, 4) is 11.8 Å². The zero-order valence-electron chi connectivity index (χ0n) is 11.6. The quantitative estimate of drug-likeness (QED) is 0.812. The molecule has 0 spiro atoms. The van der Waals surface area contributed by atoms with Crippen LogP contribution in [0.3, 0.4) is 0 Å². The maximum absolute atomic E-state index is 5.27. The Morgan fingerprint density at radius 2 is 1.84 bits per heavy atom. The highest BCUT2D eigenvalue weighted by Gasteiger charge is 2.53. The predicted octanol–water partition coefficient (Wildman–Crippen LogP) is 1.77. The number of hydrogen-bond donors (Lipinski definition) is 1. The van der Waals surface area contributed by atoms with Crippen LogP contribution in [0.15, 0.2) is 6.33 Å². The number of methoxy groups -OCH3 is 2. The summed E-state index contributed by atoms with van der Waals surface area (Å²) < 4.78 is 10.5. The van der Waals surface area contributed by atoms with Crippen LogP contribution in [0.1, 0.15) is 31.2 Å². The summed E-state index contributed by atoms with van der Waals surface area (Å²) in [5, 5.41) is 3.54. The molecule has 0 radical (unpaired) electrons. The van der Waals surface area contributed by atoms with Gasteiger partial charge in [0.2, 0.25) is 11.8 Å². The molecule has 0 saturated heterocycles. The molecule has 2 aliphatic carbocycles. The van der Waals surface area contributed by atoms with Gasteiger partial charge in [-0.15, -0.1) is 0 Å². The molecule has 5 heteroatoms. The van der Waals surface area contributed by atoms with Crippen LogP contribution in [0.2, 0.25) is 0 Å². The maximum atomic E-state index is 5.27. The van der Waals surface area contributed by atoms with Crippen LogP contribution in [0.25, 0.3) is 0 Å². The summed E-state index contributed by atoms with van der Waals surface area (Å²) in [5.41, 5.74) is 1.50. The van der Waals surface area contributed by atoms with Gasteiger partial charge in [-0.3, -0.25) is 0 Å². The molecule has 19 heavy (non-hydrogen) atoms. The minimum Gasteiger partial charge on any atom is -0.481 e. The molecule has 2 saturated carbocycles. The molecular formula is C14H21N3O2. The summed E-state index contributed by atoms with van der Waals surface area (Å²) in [6.45, 7) is 1.78. The molecule has 0 atom stereocenters. The summed E-state index contributed by atoms with van der Waals surface area (Å²) in [6, 6.07) is 0. The predicted molar refractivity (Wildman–Crippen MR) is 71.2 cm³/mol. The molecule has 0 aromatic carbocycles. The fraction of sp³-hybridized carbons (Fsp3) is 0.714. The average Bonchev–Trinajstić information content (AvgIpc) is 3.30. The van der Waals surface area contributed by atoms with E-state index < -0.39 is 0 Å². The molecule has 1 N–H and O–H groups in total. The summed E-state index contributed by atoms with van der Waals surface area (Å²) in [7, 11) is 3.25. The Hall–Kier alpha value is -1.36. The monoisotopic (exact) mass is 263 g/mol. The third kappa shape index (κ3) is 2.52. The largest absolute Gasteiger partial charge is 0.481 e. The normalized spacial score (nSPS) is 20.1. The Labute approximate surface area is 113 Å². The minimum absolute atomic E-state index is 0.593. The van der Waals surface area contributed by atoms with E-state index in [1.54, 1.807) is 14.2 Å². The third-order valence-corrected chi connectivity index (χ3v) is 4.37. The average molecular weight is 263 g/mol. The van der Waals surface area contributed by atoms with Gasteiger partial charge in [-0.1, -0.05) is 0 Å². The van der Waals surface area contributed by atoms with E-state index in [9.17, 15) is 0 Å². The molecular weight excluding hydrogens is 242 g/mol. The van der Waals surface area contributed by atoms with Crippen LogP contribution in [0.4, 0.5) is 0 Å². The van der Waals surface area contributed by atoms with Crippen molar-refractivity contribution in [3.63, 3.8) is 0 Å². The molecule has 0 bridgehead atoms. The highest BCUT2D eigenvalue weighted by molar-refractivity contribution is 5.34. The van der Waals surface area contributed by atoms with E-state index in [-0.39, 0.29) is 0 Å². The summed E-state index contributed by atoms with van der Waals surface area (Å²) in [4.78, 5) is 8.26. The van der Waals surface area contributed by atoms with Gasteiger partial charge in [0.05, 0.1) is 19.8 Å². The highest BCUT2D eigenvalue weighted by Crippen LogP contribution is 2.60. The second-order valence-electron chi connectivity index (χ2n) is 5.61. The highest BCUT2D eigenvalue weighted by atomic mass is 16.5. The van der Waals surface area contributed by atoms with E-state index in [0.717, 1.165) is 18.0 Å². The molecule has 1 aromatic heterocycles. The first kappa shape index (κ1) is 12.7. The lowest BCUT2D eigenvalue weighted by atomic mass is 10.0. The molecule has 1 heterocycles. The van der Waals surface area contributed by atoms with Crippen molar-refractivity contribution in [1.29, 1.82) is 0 Å². The fourth-order valence-electron chi connectivity index (χ4n) is 2.91. The molecule has 1 aromatic rings. The van der Waals surface area contributed by atoms with Crippen LogP contribution in [-0.2, 0) is 6.54 Å². The number of aromatic nitrogens is 2. The Kier molecular flexibility index (Phi) is 3.31. The first-order chi connectivity index (χ1) is 9.29. The van der Waals surface area contributed by atoms with Crippen LogP contribution >= 0.6 is 0 Å². The molecule has 3 rings (SSSR count). The van der Waals surface area contributed by atoms with Gasteiger partial charge >= 0.3 is 0 Å². The second-order valence-corrected chi connectivity index (χ2v) is 5.61. The van der Waals surface area contributed by atoms with Crippen molar-refractivity contribution in [2.75, 3.05) is 20.8 Å². The lowest BCUT2D eigenvalue weighted by Crippen LogP contribution is -2.25. The first-order valence-electron chi connectivity index (χ1n) is 6.91. The summed E-state index contributed by atoms with van der Waals surface area (Å²) in [5.74, 6) is 2.15. The van der Waals surface area contributed by atoms with Crippen molar-refractivity contribution in [2.45, 2.75) is 32.2 Å². The Balaban J connectivity index is 1.62. The Bertz CT molecular complexity index is 434. The first-order valence-corrected chi connectivity index (χ1v) is 6.91. The lowest BCUT2D eigenvalue weighted by Gasteiger charge is -2.16. The fourth-order valence-corrected chi connectivity index (χ4v) is 2.91. The molecule has 2 fully saturated rings. The number of ether oxygens (including phenoxy) is 2. The maximum Gasteiger partial charge on any atom is 0.224 e. The van der Waals surface area contributed by atoms with Gasteiger partial charge in [-0.25, -0.2) is 9.97 Å². The Morgan fingerprint density at radius 3 is 2.32 bits per heavy atom. The molecule has 2 aliphatic rings. The topological polar surface area (TPSA) is 56.3 Å². The summed E-state index contributed by atoms with van der Waals surface area (Å²) >= 11 is 0. The SMILES string of the molecule is COc1ncnc(OC)c1CNCC1(C2CC2)CC1.